The van der Waals surface area contributed by atoms with Gasteiger partial charge in [-0.25, -0.2) is 4.79 Å². The van der Waals surface area contributed by atoms with E-state index in [4.69, 9.17) is 9.84 Å². The van der Waals surface area contributed by atoms with Crippen LogP contribution in [0.5, 0.6) is 0 Å². The fraction of sp³-hybridized carbons (Fsp3) is 0.889. The molecule has 1 heterocycles. The second kappa shape index (κ2) is 5.82. The highest BCUT2D eigenvalue weighted by molar-refractivity contribution is 5.67. The number of nitrogens with zero attached hydrogens (tertiary/aromatic N) is 1. The Labute approximate surface area is 84.0 Å². The molecule has 0 radical (unpaired) electrons. The molecule has 1 fully saturated rings. The van der Waals surface area contributed by atoms with Gasteiger partial charge >= 0.3 is 6.09 Å². The van der Waals surface area contributed by atoms with Gasteiger partial charge in [-0.2, -0.15) is 0 Å². The number of hydrogen-bond donors (Lipinski definition) is 2. The van der Waals surface area contributed by atoms with E-state index >= 15 is 0 Å². The van der Waals surface area contributed by atoms with Crippen LogP contribution in [-0.4, -0.2) is 55.5 Å². The summed E-state index contributed by atoms with van der Waals surface area (Å²) >= 11 is 0. The molecule has 0 aromatic carbocycles. The summed E-state index contributed by atoms with van der Waals surface area (Å²) in [6, 6.07) is 0. The number of carbonyl (C=O) groups is 1. The van der Waals surface area contributed by atoms with Crippen LogP contribution in [0, 0.1) is 0 Å². The molecule has 1 saturated heterocycles. The van der Waals surface area contributed by atoms with E-state index in [2.05, 4.69) is 5.32 Å². The molecule has 0 aromatic heterocycles. The number of aliphatic hydroxyl groups is 1. The maximum absolute atomic E-state index is 11.4. The molecule has 5 heteroatoms. The van der Waals surface area contributed by atoms with Crippen LogP contribution < -0.4 is 5.32 Å². The summed E-state index contributed by atoms with van der Waals surface area (Å²) in [5.74, 6) is 0. The van der Waals surface area contributed by atoms with Crippen LogP contribution in [0.25, 0.3) is 0 Å². The van der Waals surface area contributed by atoms with Crippen molar-refractivity contribution in [1.82, 2.24) is 10.2 Å². The van der Waals surface area contributed by atoms with E-state index in [1.54, 1.807) is 7.05 Å². The summed E-state index contributed by atoms with van der Waals surface area (Å²) in [7, 11) is 1.62. The first kappa shape index (κ1) is 11.3. The van der Waals surface area contributed by atoms with Gasteiger partial charge in [0.25, 0.3) is 0 Å². The smallest absolute Gasteiger partial charge is 0.409 e. The molecule has 0 saturated carbocycles. The molecule has 82 valence electrons. The van der Waals surface area contributed by atoms with Gasteiger partial charge in [-0.1, -0.05) is 0 Å². The lowest BCUT2D eigenvalue weighted by atomic mass is 10.1. The van der Waals surface area contributed by atoms with E-state index in [1.807, 2.05) is 0 Å². The lowest BCUT2D eigenvalue weighted by Crippen LogP contribution is -2.38. The molecule has 5 nitrogen and oxygen atoms in total. The highest BCUT2D eigenvalue weighted by Gasteiger charge is 2.19. The third-order valence-corrected chi connectivity index (χ3v) is 2.30. The maximum atomic E-state index is 11.4. The Morgan fingerprint density at radius 2 is 2.21 bits per heavy atom. The molecule has 0 aromatic rings. The topological polar surface area (TPSA) is 61.8 Å². The van der Waals surface area contributed by atoms with E-state index in [9.17, 15) is 4.79 Å². The average Bonchev–Trinajstić information content (AvgIpc) is 2.19. The van der Waals surface area contributed by atoms with Gasteiger partial charge < -0.3 is 20.1 Å². The van der Waals surface area contributed by atoms with Crippen LogP contribution in [0.1, 0.15) is 12.8 Å². The highest BCUT2D eigenvalue weighted by Crippen LogP contribution is 2.08. The van der Waals surface area contributed by atoms with E-state index in [1.165, 1.54) is 4.90 Å². The van der Waals surface area contributed by atoms with Crippen LogP contribution in [0.4, 0.5) is 4.79 Å². The van der Waals surface area contributed by atoms with Crippen molar-refractivity contribution in [3.05, 3.63) is 0 Å². The summed E-state index contributed by atoms with van der Waals surface area (Å²) in [5, 5.41) is 11.8. The summed E-state index contributed by atoms with van der Waals surface area (Å²) < 4.78 is 5.24. The molecule has 0 bridgehead atoms. The molecule has 1 aliphatic rings. The Bertz CT molecular complexity index is 181. The van der Waals surface area contributed by atoms with E-state index in [0.29, 0.717) is 6.54 Å². The Morgan fingerprint density at radius 3 is 2.79 bits per heavy atom. The van der Waals surface area contributed by atoms with Crippen LogP contribution in [0.15, 0.2) is 0 Å². The van der Waals surface area contributed by atoms with Crippen molar-refractivity contribution in [2.24, 2.45) is 0 Å². The lowest BCUT2D eigenvalue weighted by Gasteiger charge is -2.25. The monoisotopic (exact) mass is 202 g/mol. The third kappa shape index (κ3) is 3.51. The fourth-order valence-corrected chi connectivity index (χ4v) is 1.39. The number of hydrogen-bond acceptors (Lipinski definition) is 4. The second-order valence-electron chi connectivity index (χ2n) is 3.48. The van der Waals surface area contributed by atoms with Crippen molar-refractivity contribution in [3.8, 4) is 0 Å². The predicted octanol–water partition coefficient (Wildman–Crippen LogP) is -0.201. The number of piperidine rings is 1. The number of rotatable bonds is 3. The summed E-state index contributed by atoms with van der Waals surface area (Å²) in [6.07, 6.45) is 1.44. The lowest BCUT2D eigenvalue weighted by molar-refractivity contribution is 0.0511. The molecule has 1 aliphatic heterocycles. The number of likely N-dealkylation sites (N-methyl/N-ethyl adjacent to an activating group) is 1. The van der Waals surface area contributed by atoms with Gasteiger partial charge in [0.1, 0.15) is 6.10 Å². The van der Waals surface area contributed by atoms with Crippen LogP contribution >= 0.6 is 0 Å². The van der Waals surface area contributed by atoms with Gasteiger partial charge in [-0.3, -0.25) is 0 Å². The van der Waals surface area contributed by atoms with Crippen molar-refractivity contribution >= 4 is 6.09 Å². The predicted molar refractivity (Wildman–Crippen MR) is 52.1 cm³/mol. The zero-order chi connectivity index (χ0) is 10.4. The van der Waals surface area contributed by atoms with Crippen LogP contribution in [0.3, 0.4) is 0 Å². The zero-order valence-corrected chi connectivity index (χ0v) is 8.53. The third-order valence-electron chi connectivity index (χ3n) is 2.30. The maximum Gasteiger partial charge on any atom is 0.409 e. The summed E-state index contributed by atoms with van der Waals surface area (Å²) in [4.78, 5) is 12.8. The molecule has 0 spiro atoms. The minimum atomic E-state index is -0.342. The van der Waals surface area contributed by atoms with Crippen molar-refractivity contribution in [3.63, 3.8) is 0 Å². The van der Waals surface area contributed by atoms with Crippen molar-refractivity contribution in [2.75, 3.05) is 33.3 Å². The van der Waals surface area contributed by atoms with Gasteiger partial charge in [0.05, 0.1) is 6.61 Å². The van der Waals surface area contributed by atoms with Crippen LogP contribution in [0.2, 0.25) is 0 Å². The minimum Gasteiger partial charge on any atom is -0.446 e. The van der Waals surface area contributed by atoms with Gasteiger partial charge in [-0.05, 0) is 25.9 Å². The molecule has 0 unspecified atom stereocenters. The molecular weight excluding hydrogens is 184 g/mol. The second-order valence-corrected chi connectivity index (χ2v) is 3.48. The van der Waals surface area contributed by atoms with Crippen molar-refractivity contribution < 1.29 is 14.6 Å². The van der Waals surface area contributed by atoms with Crippen molar-refractivity contribution in [1.29, 1.82) is 0 Å². The number of nitrogens with one attached hydrogen (secondary N) is 1. The molecule has 0 atom stereocenters. The van der Waals surface area contributed by atoms with Gasteiger partial charge in [-0.15, -0.1) is 0 Å². The molecule has 1 rings (SSSR count). The Kier molecular flexibility index (Phi) is 4.69. The van der Waals surface area contributed by atoms with Crippen LogP contribution in [-0.2, 0) is 4.74 Å². The highest BCUT2D eigenvalue weighted by atomic mass is 16.6. The fourth-order valence-electron chi connectivity index (χ4n) is 1.39. The summed E-state index contributed by atoms with van der Waals surface area (Å²) in [6.45, 7) is 2.10. The Morgan fingerprint density at radius 1 is 1.57 bits per heavy atom. The number of amides is 1. The molecule has 0 aliphatic carbocycles. The molecular formula is C9H18N2O3. The van der Waals surface area contributed by atoms with Gasteiger partial charge in [0.15, 0.2) is 0 Å². The number of aliphatic hydroxyl groups excluding tert-OH is 1. The first-order chi connectivity index (χ1) is 6.74. The molecule has 14 heavy (non-hydrogen) atoms. The molecule has 2 N–H and O–H groups in total. The van der Waals surface area contributed by atoms with Gasteiger partial charge in [0.2, 0.25) is 0 Å². The first-order valence-electron chi connectivity index (χ1n) is 4.97. The normalized spacial score (nSPS) is 17.9. The largest absolute Gasteiger partial charge is 0.446 e. The Balaban J connectivity index is 2.24. The first-order valence-corrected chi connectivity index (χ1v) is 4.97. The average molecular weight is 202 g/mol. The summed E-state index contributed by atoms with van der Waals surface area (Å²) in [5.41, 5.74) is 0. The minimum absolute atomic E-state index is 0.0299. The van der Waals surface area contributed by atoms with Gasteiger partial charge in [0, 0.05) is 13.6 Å². The quantitative estimate of drug-likeness (QED) is 0.665. The number of ether oxygens (including phenoxy) is 1. The SMILES string of the molecule is CN(CCO)C(=O)OC1CCNCC1. The van der Waals surface area contributed by atoms with E-state index in [0.717, 1.165) is 25.9 Å². The Hall–Kier alpha value is -0.810. The number of carbonyl (C=O) groups excluding carboxylic acids is 1. The zero-order valence-electron chi connectivity index (χ0n) is 8.53. The standard InChI is InChI=1S/C9H18N2O3/c1-11(6-7-12)9(13)14-8-2-4-10-5-3-8/h8,10,12H,2-7H2,1H3. The van der Waals surface area contributed by atoms with E-state index in [-0.39, 0.29) is 18.8 Å². The molecule has 1 amide bonds. The van der Waals surface area contributed by atoms with E-state index < -0.39 is 0 Å². The van der Waals surface area contributed by atoms with Crippen molar-refractivity contribution in [2.45, 2.75) is 18.9 Å².